The van der Waals surface area contributed by atoms with Gasteiger partial charge in [0.2, 0.25) is 0 Å². The van der Waals surface area contributed by atoms with Gasteiger partial charge in [0, 0.05) is 42.1 Å². The summed E-state index contributed by atoms with van der Waals surface area (Å²) in [5.41, 5.74) is 1.17. The molecule has 7 heteroatoms. The second-order valence-electron chi connectivity index (χ2n) is 10.4. The minimum atomic E-state index is -2.29. The van der Waals surface area contributed by atoms with Gasteiger partial charge in [0.1, 0.15) is 17.4 Å². The van der Waals surface area contributed by atoms with Gasteiger partial charge in [0.25, 0.3) is 0 Å². The molecule has 2 rings (SSSR count). The first-order valence-electron chi connectivity index (χ1n) is 11.0. The standard InChI is InChI=1S/C22H42N3OPSSi/c1-16(2)24(17(3)4)27(28,25(18(5)6)19(7)8)22(29(9,10)11)21(26-22)20-13-12-14-23-15-20/h12-19,21H,1-11H3/t21-,22+/m0/s1. The molecule has 166 valence electrons. The van der Waals surface area contributed by atoms with Gasteiger partial charge in [-0.3, -0.25) is 14.3 Å². The molecule has 1 aromatic heterocycles. The Kier molecular flexibility index (Phi) is 7.63. The Labute approximate surface area is 185 Å². The van der Waals surface area contributed by atoms with Gasteiger partial charge in [-0.15, -0.1) is 0 Å². The van der Waals surface area contributed by atoms with Crippen molar-refractivity contribution >= 4 is 26.2 Å². The van der Waals surface area contributed by atoms with Crippen LogP contribution in [-0.2, 0) is 16.5 Å². The summed E-state index contributed by atoms with van der Waals surface area (Å²) >= 11 is 6.93. The Bertz CT molecular complexity index is 695. The van der Waals surface area contributed by atoms with Crippen LogP contribution in [0.5, 0.6) is 0 Å². The quantitative estimate of drug-likeness (QED) is 0.249. The lowest BCUT2D eigenvalue weighted by Crippen LogP contribution is -2.55. The second-order valence-corrected chi connectivity index (χ2v) is 20.3. The number of hydrogen-bond donors (Lipinski definition) is 0. The maximum Gasteiger partial charge on any atom is 0.140 e. The molecule has 0 unspecified atom stereocenters. The summed E-state index contributed by atoms with van der Waals surface area (Å²) in [4.78, 5) is 4.10. The summed E-state index contributed by atoms with van der Waals surface area (Å²) in [5, 5.41) is 0. The Balaban J connectivity index is 2.82. The van der Waals surface area contributed by atoms with Crippen molar-refractivity contribution in [3.63, 3.8) is 0 Å². The predicted molar refractivity (Wildman–Crippen MR) is 133 cm³/mol. The molecule has 1 fully saturated rings. The zero-order valence-electron chi connectivity index (χ0n) is 20.3. The van der Waals surface area contributed by atoms with Crippen LogP contribution >= 0.6 is 6.34 Å². The van der Waals surface area contributed by atoms with Crippen molar-refractivity contribution in [2.75, 3.05) is 0 Å². The Morgan fingerprint density at radius 1 is 0.966 bits per heavy atom. The Morgan fingerprint density at radius 3 is 1.72 bits per heavy atom. The number of hydrogen-bond acceptors (Lipinski definition) is 3. The highest BCUT2D eigenvalue weighted by molar-refractivity contribution is 8.14. The molecule has 1 aliphatic rings. The van der Waals surface area contributed by atoms with Crippen LogP contribution in [-0.4, -0.2) is 51.5 Å². The fraction of sp³-hybridized carbons (Fsp3) is 0.773. The van der Waals surface area contributed by atoms with Gasteiger partial charge in [-0.1, -0.05) is 37.5 Å². The lowest BCUT2D eigenvalue weighted by atomic mass is 10.2. The van der Waals surface area contributed by atoms with Gasteiger partial charge in [-0.05, 0) is 61.5 Å². The van der Waals surface area contributed by atoms with Gasteiger partial charge in [-0.2, -0.15) is 0 Å². The number of nitrogens with zero attached hydrogens (tertiary/aromatic N) is 3. The monoisotopic (exact) mass is 455 g/mol. The van der Waals surface area contributed by atoms with Gasteiger partial charge in [-0.25, -0.2) is 0 Å². The normalized spacial score (nSPS) is 23.3. The summed E-state index contributed by atoms with van der Waals surface area (Å²) in [6.07, 6.45) is 1.55. The second kappa shape index (κ2) is 8.80. The minimum absolute atomic E-state index is 0.0358. The zero-order chi connectivity index (χ0) is 22.4. The van der Waals surface area contributed by atoms with Crippen LogP contribution < -0.4 is 0 Å². The fourth-order valence-electron chi connectivity index (χ4n) is 5.11. The lowest BCUT2D eigenvalue weighted by molar-refractivity contribution is 0.242. The summed E-state index contributed by atoms with van der Waals surface area (Å²) < 4.78 is 12.1. The molecule has 0 aliphatic carbocycles. The summed E-state index contributed by atoms with van der Waals surface area (Å²) in [6.45, 7) is 25.6. The van der Waals surface area contributed by atoms with Gasteiger partial charge >= 0.3 is 0 Å². The first-order valence-corrected chi connectivity index (χ1v) is 17.2. The molecule has 0 bridgehead atoms. The van der Waals surface area contributed by atoms with Crippen molar-refractivity contribution in [1.82, 2.24) is 14.3 Å². The van der Waals surface area contributed by atoms with Crippen LogP contribution in [0.4, 0.5) is 0 Å². The molecule has 1 aromatic rings. The van der Waals surface area contributed by atoms with E-state index in [1.165, 1.54) is 5.56 Å². The van der Waals surface area contributed by atoms with Crippen LogP contribution in [0.15, 0.2) is 24.5 Å². The van der Waals surface area contributed by atoms with Crippen molar-refractivity contribution in [2.24, 2.45) is 0 Å². The first kappa shape index (κ1) is 25.2. The average Bonchev–Trinajstić information content (AvgIpc) is 3.31. The van der Waals surface area contributed by atoms with Crippen LogP contribution in [0.25, 0.3) is 0 Å². The smallest absolute Gasteiger partial charge is 0.140 e. The molecule has 0 radical (unpaired) electrons. The molecule has 1 saturated heterocycles. The summed E-state index contributed by atoms with van der Waals surface area (Å²) in [6, 6.07) is 5.59. The molecule has 0 saturated carbocycles. The Hall–Kier alpha value is -0.103. The van der Waals surface area contributed by atoms with Crippen molar-refractivity contribution in [3.8, 4) is 0 Å². The highest BCUT2D eigenvalue weighted by atomic mass is 32.4. The molecule has 2 heterocycles. The molecule has 0 N–H and O–H groups in total. The van der Waals surface area contributed by atoms with Crippen LogP contribution in [0.1, 0.15) is 67.1 Å². The zero-order valence-corrected chi connectivity index (χ0v) is 23.0. The molecule has 0 aromatic carbocycles. The maximum absolute atomic E-state index is 6.93. The fourth-order valence-corrected chi connectivity index (χ4v) is 20.0. The van der Waals surface area contributed by atoms with E-state index in [1.54, 1.807) is 0 Å². The SMILES string of the molecule is CC(C)N(C(C)C)P(=S)(N(C(C)C)C(C)C)[C@]1([Si](C)(C)C)O[C@H]1c1cccnc1. The van der Waals surface area contributed by atoms with E-state index in [0.29, 0.717) is 24.2 Å². The van der Waals surface area contributed by atoms with Crippen molar-refractivity contribution in [3.05, 3.63) is 30.1 Å². The molecular weight excluding hydrogens is 413 g/mol. The topological polar surface area (TPSA) is 31.9 Å². The van der Waals surface area contributed by atoms with Crippen LogP contribution in [0.2, 0.25) is 19.6 Å². The lowest BCUT2D eigenvalue weighted by Gasteiger charge is -2.55. The molecule has 0 spiro atoms. The minimum Gasteiger partial charge on any atom is -0.356 e. The van der Waals surface area contributed by atoms with Crippen molar-refractivity contribution in [2.45, 2.75) is 110 Å². The summed E-state index contributed by atoms with van der Waals surface area (Å²) in [5.74, 6) is 0. The van der Waals surface area contributed by atoms with E-state index in [-0.39, 0.29) is 11.1 Å². The predicted octanol–water partition coefficient (Wildman–Crippen LogP) is 6.27. The largest absolute Gasteiger partial charge is 0.356 e. The molecule has 0 amide bonds. The maximum atomic E-state index is 6.93. The number of aromatic nitrogens is 1. The first-order chi connectivity index (χ1) is 13.2. The highest BCUT2D eigenvalue weighted by Gasteiger charge is 2.75. The van der Waals surface area contributed by atoms with Crippen molar-refractivity contribution < 1.29 is 4.74 Å². The summed E-state index contributed by atoms with van der Waals surface area (Å²) in [7, 11) is -1.85. The van der Waals surface area contributed by atoms with E-state index < -0.39 is 14.4 Å². The van der Waals surface area contributed by atoms with Gasteiger partial charge in [0.05, 0.1) is 8.07 Å². The number of rotatable bonds is 9. The van der Waals surface area contributed by atoms with E-state index in [9.17, 15) is 0 Å². The average molecular weight is 456 g/mol. The van der Waals surface area contributed by atoms with E-state index in [2.05, 4.69) is 95.4 Å². The van der Waals surface area contributed by atoms with Gasteiger partial charge < -0.3 is 4.74 Å². The molecule has 2 atom stereocenters. The molecule has 4 nitrogen and oxygen atoms in total. The number of ether oxygens (including phenoxy) is 1. The third-order valence-corrected chi connectivity index (χ3v) is 18.0. The number of pyridine rings is 1. The highest BCUT2D eigenvalue weighted by Crippen LogP contribution is 2.81. The third-order valence-electron chi connectivity index (χ3n) is 5.83. The van der Waals surface area contributed by atoms with E-state index in [1.807, 2.05) is 18.5 Å². The van der Waals surface area contributed by atoms with E-state index in [0.717, 1.165) is 0 Å². The van der Waals surface area contributed by atoms with Crippen LogP contribution in [0.3, 0.4) is 0 Å². The van der Waals surface area contributed by atoms with E-state index >= 15 is 0 Å². The Morgan fingerprint density at radius 2 is 1.41 bits per heavy atom. The molecular formula is C22H42N3OPSSi. The third kappa shape index (κ3) is 4.18. The molecule has 29 heavy (non-hydrogen) atoms. The van der Waals surface area contributed by atoms with E-state index in [4.69, 9.17) is 16.5 Å². The molecule has 1 aliphatic heterocycles. The van der Waals surface area contributed by atoms with Gasteiger partial charge in [0.15, 0.2) is 0 Å². The van der Waals surface area contributed by atoms with Crippen molar-refractivity contribution in [1.29, 1.82) is 0 Å². The van der Waals surface area contributed by atoms with Crippen LogP contribution in [0, 0.1) is 0 Å². The number of epoxide rings is 1.